The van der Waals surface area contributed by atoms with Gasteiger partial charge in [0.1, 0.15) is 17.8 Å². The first-order valence-corrected chi connectivity index (χ1v) is 9.06. The number of rotatable bonds is 5. The molecule has 2 N–H and O–H groups in total. The molecule has 0 unspecified atom stereocenters. The maximum absolute atomic E-state index is 14.5. The van der Waals surface area contributed by atoms with E-state index in [1.54, 1.807) is 18.0 Å². The summed E-state index contributed by atoms with van der Waals surface area (Å²) in [6.07, 6.45) is 5.70. The summed E-state index contributed by atoms with van der Waals surface area (Å²) in [5, 5.41) is 10.9. The molecule has 29 heavy (non-hydrogen) atoms. The Balaban J connectivity index is 0.00000240. The molecule has 0 amide bonds. The number of likely N-dealkylation sites (tertiary alicyclic amines) is 1. The number of halogens is 4. The van der Waals surface area contributed by atoms with Crippen LogP contribution in [0.4, 0.5) is 19.0 Å². The van der Waals surface area contributed by atoms with Crippen molar-refractivity contribution in [3.05, 3.63) is 41.9 Å². The van der Waals surface area contributed by atoms with Gasteiger partial charge in [-0.2, -0.15) is 13.9 Å². The Bertz CT molecular complexity index is 973. The van der Waals surface area contributed by atoms with Crippen LogP contribution in [0.5, 0.6) is 0 Å². The summed E-state index contributed by atoms with van der Waals surface area (Å²) in [6.45, 7) is 2.01. The molecule has 1 fully saturated rings. The van der Waals surface area contributed by atoms with Gasteiger partial charge in [0.2, 0.25) is 0 Å². The van der Waals surface area contributed by atoms with Gasteiger partial charge < -0.3 is 5.32 Å². The number of pyridine rings is 1. The summed E-state index contributed by atoms with van der Waals surface area (Å²) < 4.78 is 43.0. The van der Waals surface area contributed by atoms with Gasteiger partial charge in [0, 0.05) is 25.3 Å². The van der Waals surface area contributed by atoms with E-state index in [0.717, 1.165) is 11.5 Å². The number of aryl methyl sites for hydroxylation is 1. The predicted molar refractivity (Wildman–Crippen MR) is 105 cm³/mol. The van der Waals surface area contributed by atoms with Crippen molar-refractivity contribution in [2.24, 2.45) is 0 Å². The minimum atomic E-state index is -3.34. The highest BCUT2D eigenvalue weighted by molar-refractivity contribution is 5.85. The Morgan fingerprint density at radius 3 is 2.69 bits per heavy atom. The van der Waals surface area contributed by atoms with Crippen LogP contribution in [0.2, 0.25) is 0 Å². The van der Waals surface area contributed by atoms with Gasteiger partial charge in [-0.1, -0.05) is 0 Å². The average Bonchev–Trinajstić information content (AvgIpc) is 3.12. The van der Waals surface area contributed by atoms with E-state index in [0.29, 0.717) is 43.0 Å². The molecule has 11 heteroatoms. The molecule has 0 aliphatic carbocycles. The number of nitrogens with one attached hydrogen (secondary N) is 2. The van der Waals surface area contributed by atoms with E-state index in [-0.39, 0.29) is 18.4 Å². The number of piperidine rings is 1. The van der Waals surface area contributed by atoms with Crippen molar-refractivity contribution >= 4 is 29.3 Å². The molecule has 0 spiro atoms. The summed E-state index contributed by atoms with van der Waals surface area (Å²) in [4.78, 5) is 13.6. The molecule has 0 aromatic carbocycles. The Morgan fingerprint density at radius 2 is 1.97 bits per heavy atom. The van der Waals surface area contributed by atoms with Crippen LogP contribution >= 0.6 is 12.4 Å². The highest BCUT2D eigenvalue weighted by atomic mass is 35.5. The van der Waals surface area contributed by atoms with Gasteiger partial charge in [0.05, 0.1) is 18.1 Å². The molecular weight excluding hydrogens is 407 g/mol. The Kier molecular flexibility index (Phi) is 6.23. The van der Waals surface area contributed by atoms with Crippen LogP contribution < -0.4 is 5.32 Å². The molecule has 4 rings (SSSR count). The highest BCUT2D eigenvalue weighted by Gasteiger charge is 2.39. The normalized spacial score (nSPS) is 16.0. The summed E-state index contributed by atoms with van der Waals surface area (Å²) in [5.41, 5.74) is 0.365. The van der Waals surface area contributed by atoms with E-state index in [4.69, 9.17) is 0 Å². The molecule has 1 aliphatic heterocycles. The van der Waals surface area contributed by atoms with Crippen LogP contribution in [-0.4, -0.2) is 55.7 Å². The number of H-pyrrole nitrogens is 1. The van der Waals surface area contributed by atoms with Gasteiger partial charge in [0.25, 0.3) is 0 Å². The van der Waals surface area contributed by atoms with Crippen molar-refractivity contribution in [1.82, 2.24) is 30.0 Å². The molecule has 0 atom stereocenters. The highest BCUT2D eigenvalue weighted by Crippen LogP contribution is 2.31. The Labute approximate surface area is 171 Å². The monoisotopic (exact) mass is 427 g/mol. The number of nitrogens with zero attached hydrogens (tertiary/aromatic N) is 5. The van der Waals surface area contributed by atoms with Gasteiger partial charge in [-0.15, -0.1) is 12.4 Å². The number of alkyl halides is 2. The fraction of sp³-hybridized carbons (Fsp3) is 0.444. The van der Waals surface area contributed by atoms with Crippen molar-refractivity contribution < 1.29 is 13.2 Å². The average molecular weight is 428 g/mol. The van der Waals surface area contributed by atoms with Crippen LogP contribution in [0, 0.1) is 12.7 Å². The zero-order valence-electron chi connectivity index (χ0n) is 15.7. The van der Waals surface area contributed by atoms with Gasteiger partial charge in [-0.05, 0) is 31.4 Å². The predicted octanol–water partition coefficient (Wildman–Crippen LogP) is 3.29. The minimum Gasteiger partial charge on any atom is -0.367 e. The van der Waals surface area contributed by atoms with Gasteiger partial charge in [-0.25, -0.2) is 14.4 Å². The Morgan fingerprint density at radius 1 is 1.21 bits per heavy atom. The lowest BCUT2D eigenvalue weighted by Gasteiger charge is -2.34. The summed E-state index contributed by atoms with van der Waals surface area (Å²) in [6, 6.07) is 1.19. The molecule has 156 valence electrons. The van der Waals surface area contributed by atoms with Crippen molar-refractivity contribution in [3.63, 3.8) is 0 Å². The maximum Gasteiger partial charge on any atom is 0.304 e. The molecule has 3 aromatic rings. The van der Waals surface area contributed by atoms with Crippen LogP contribution in [0.1, 0.15) is 24.1 Å². The fourth-order valence-corrected chi connectivity index (χ4v) is 3.47. The topological polar surface area (TPSA) is 82.6 Å². The number of aromatic nitrogens is 5. The largest absolute Gasteiger partial charge is 0.367 e. The molecule has 0 radical (unpaired) electrons. The number of hydrogen-bond donors (Lipinski definition) is 2. The quantitative estimate of drug-likeness (QED) is 0.650. The third kappa shape index (κ3) is 4.59. The summed E-state index contributed by atoms with van der Waals surface area (Å²) in [7, 11) is 0. The Hall–Kier alpha value is -2.46. The lowest BCUT2D eigenvalue weighted by Crippen LogP contribution is -2.44. The standard InChI is InChI=1S/C18H20F3N7.ClH/c1-11-6-14(19)15(22-7-11)18(20,21)9-28-4-2-12(3-5-28)26-16-13-8-25-27-17(13)24-10-23-16;/h6-8,10,12H,2-5,9H2,1H3,(H2,23,24,25,26,27);1H. The second kappa shape index (κ2) is 8.50. The van der Waals surface area contributed by atoms with Crippen molar-refractivity contribution in [2.75, 3.05) is 25.0 Å². The molecule has 4 heterocycles. The second-order valence-corrected chi connectivity index (χ2v) is 7.10. The third-order valence-corrected chi connectivity index (χ3v) is 4.92. The number of hydrogen-bond acceptors (Lipinski definition) is 6. The second-order valence-electron chi connectivity index (χ2n) is 7.10. The van der Waals surface area contributed by atoms with Crippen LogP contribution in [-0.2, 0) is 5.92 Å². The number of fused-ring (bicyclic) bond motifs is 1. The van der Waals surface area contributed by atoms with E-state index >= 15 is 0 Å². The first kappa shape index (κ1) is 21.3. The van der Waals surface area contributed by atoms with E-state index in [9.17, 15) is 13.2 Å². The van der Waals surface area contributed by atoms with Crippen molar-refractivity contribution in [2.45, 2.75) is 31.7 Å². The van der Waals surface area contributed by atoms with Gasteiger partial charge in [0.15, 0.2) is 11.5 Å². The van der Waals surface area contributed by atoms with Crippen molar-refractivity contribution in [1.29, 1.82) is 0 Å². The number of anilines is 1. The molecular formula is C18H21ClF3N7. The summed E-state index contributed by atoms with van der Waals surface area (Å²) in [5.74, 6) is -3.63. The molecule has 1 aliphatic rings. The minimum absolute atomic E-state index is 0. The van der Waals surface area contributed by atoms with E-state index < -0.39 is 24.0 Å². The first-order valence-electron chi connectivity index (χ1n) is 9.06. The van der Waals surface area contributed by atoms with E-state index in [1.165, 1.54) is 12.5 Å². The smallest absolute Gasteiger partial charge is 0.304 e. The first-order chi connectivity index (χ1) is 13.4. The zero-order chi connectivity index (χ0) is 19.7. The molecule has 7 nitrogen and oxygen atoms in total. The summed E-state index contributed by atoms with van der Waals surface area (Å²) >= 11 is 0. The van der Waals surface area contributed by atoms with E-state index in [2.05, 4.69) is 30.5 Å². The molecule has 0 bridgehead atoms. The fourth-order valence-electron chi connectivity index (χ4n) is 3.47. The van der Waals surface area contributed by atoms with Gasteiger partial charge >= 0.3 is 5.92 Å². The van der Waals surface area contributed by atoms with Crippen LogP contribution in [0.25, 0.3) is 11.0 Å². The van der Waals surface area contributed by atoms with Crippen LogP contribution in [0.3, 0.4) is 0 Å². The van der Waals surface area contributed by atoms with Gasteiger partial charge in [-0.3, -0.25) is 15.0 Å². The van der Waals surface area contributed by atoms with E-state index in [1.807, 2.05) is 0 Å². The third-order valence-electron chi connectivity index (χ3n) is 4.92. The SMILES string of the molecule is Cc1cnc(C(F)(F)CN2CCC(Nc3ncnc4[nH]ncc34)CC2)c(F)c1.Cl. The molecule has 1 saturated heterocycles. The van der Waals surface area contributed by atoms with Crippen LogP contribution in [0.15, 0.2) is 24.8 Å². The lowest BCUT2D eigenvalue weighted by atomic mass is 10.0. The molecule has 0 saturated carbocycles. The zero-order valence-corrected chi connectivity index (χ0v) is 16.5. The maximum atomic E-state index is 14.5. The lowest BCUT2D eigenvalue weighted by molar-refractivity contribution is -0.0486. The molecule has 3 aromatic heterocycles. The number of aromatic amines is 1. The van der Waals surface area contributed by atoms with Crippen molar-refractivity contribution in [3.8, 4) is 0 Å².